The second kappa shape index (κ2) is 7.83. The highest BCUT2D eigenvalue weighted by atomic mass is 33.1. The molecule has 2 saturated heterocycles. The molecule has 0 amide bonds. The molecular weight excluding hydrogens is 328 g/mol. The predicted molar refractivity (Wildman–Crippen MR) is 98.8 cm³/mol. The summed E-state index contributed by atoms with van der Waals surface area (Å²) in [6, 6.07) is 9.19. The van der Waals surface area contributed by atoms with Gasteiger partial charge in [-0.2, -0.15) is 35.3 Å². The maximum absolute atomic E-state index is 2.41. The van der Waals surface area contributed by atoms with Crippen molar-refractivity contribution >= 4 is 56.9 Å². The monoisotopic (exact) mass is 346 g/mol. The lowest BCUT2D eigenvalue weighted by Gasteiger charge is -2.22. The zero-order chi connectivity index (χ0) is 12.9. The van der Waals surface area contributed by atoms with Crippen molar-refractivity contribution in [1.29, 1.82) is 0 Å². The molecule has 2 aliphatic heterocycles. The summed E-state index contributed by atoms with van der Waals surface area (Å²) < 4.78 is 0. The maximum atomic E-state index is 2.41. The standard InChI is InChI=1S/C14H18S5/c1-2-11(5-15-7-13-9-17-13)4-12(3-1)6-16-8-14-10-18-19-14/h1-4,13-14H,5-10H2. The second-order valence-corrected chi connectivity index (χ2v) is 10.9. The van der Waals surface area contributed by atoms with Gasteiger partial charge in [0.05, 0.1) is 0 Å². The Balaban J connectivity index is 1.39. The summed E-state index contributed by atoms with van der Waals surface area (Å²) >= 11 is 6.29. The van der Waals surface area contributed by atoms with Crippen LogP contribution in [0.1, 0.15) is 11.1 Å². The van der Waals surface area contributed by atoms with Crippen LogP contribution in [0.25, 0.3) is 0 Å². The molecule has 0 aliphatic carbocycles. The molecule has 2 heterocycles. The molecule has 0 radical (unpaired) electrons. The number of benzene rings is 1. The summed E-state index contributed by atoms with van der Waals surface area (Å²) in [5.74, 6) is 7.76. The molecule has 2 aliphatic rings. The first kappa shape index (κ1) is 14.9. The van der Waals surface area contributed by atoms with Gasteiger partial charge in [0.15, 0.2) is 0 Å². The third-order valence-corrected chi connectivity index (χ3v) is 9.87. The van der Waals surface area contributed by atoms with Crippen LogP contribution in [0.15, 0.2) is 24.3 Å². The van der Waals surface area contributed by atoms with E-state index in [0.29, 0.717) is 0 Å². The van der Waals surface area contributed by atoms with E-state index in [2.05, 4.69) is 70.3 Å². The van der Waals surface area contributed by atoms with Crippen LogP contribution >= 0.6 is 56.9 Å². The summed E-state index contributed by atoms with van der Waals surface area (Å²) in [4.78, 5) is 0. The first-order chi connectivity index (χ1) is 9.40. The molecule has 104 valence electrons. The number of thioether (sulfide) groups is 3. The zero-order valence-corrected chi connectivity index (χ0v) is 14.8. The first-order valence-electron chi connectivity index (χ1n) is 6.53. The van der Waals surface area contributed by atoms with Crippen LogP contribution in [-0.4, -0.2) is 33.5 Å². The van der Waals surface area contributed by atoms with Gasteiger partial charge in [0.2, 0.25) is 0 Å². The molecule has 0 N–H and O–H groups in total. The summed E-state index contributed by atoms with van der Waals surface area (Å²) in [6.45, 7) is 0. The SMILES string of the molecule is c1cc(CSCC2CS2)cc(CSCC2CSS2)c1. The van der Waals surface area contributed by atoms with Crippen molar-refractivity contribution < 1.29 is 0 Å². The molecule has 0 nitrogen and oxygen atoms in total. The molecule has 5 heteroatoms. The van der Waals surface area contributed by atoms with Gasteiger partial charge in [-0.1, -0.05) is 45.9 Å². The Bertz CT molecular complexity index is 401. The first-order valence-corrected chi connectivity index (χ1v) is 12.3. The lowest BCUT2D eigenvalue weighted by Crippen LogP contribution is -2.15. The van der Waals surface area contributed by atoms with Crippen LogP contribution in [0.2, 0.25) is 0 Å². The van der Waals surface area contributed by atoms with Crippen molar-refractivity contribution in [1.82, 2.24) is 0 Å². The maximum Gasteiger partial charge on any atom is 0.0341 e. The Morgan fingerprint density at radius 1 is 1.00 bits per heavy atom. The molecule has 2 unspecified atom stereocenters. The van der Waals surface area contributed by atoms with Gasteiger partial charge in [-0.15, -0.1) is 0 Å². The smallest absolute Gasteiger partial charge is 0.0341 e. The van der Waals surface area contributed by atoms with Gasteiger partial charge >= 0.3 is 0 Å². The molecule has 2 fully saturated rings. The largest absolute Gasteiger partial charge is 0.156 e. The lowest BCUT2D eigenvalue weighted by atomic mass is 10.2. The topological polar surface area (TPSA) is 0 Å². The Morgan fingerprint density at radius 3 is 2.16 bits per heavy atom. The van der Waals surface area contributed by atoms with Gasteiger partial charge in [-0.3, -0.25) is 0 Å². The van der Waals surface area contributed by atoms with Crippen molar-refractivity contribution in [2.45, 2.75) is 22.0 Å². The van der Waals surface area contributed by atoms with E-state index in [9.17, 15) is 0 Å². The van der Waals surface area contributed by atoms with E-state index in [4.69, 9.17) is 0 Å². The van der Waals surface area contributed by atoms with Crippen molar-refractivity contribution in [3.8, 4) is 0 Å². The molecule has 0 spiro atoms. The van der Waals surface area contributed by atoms with Gasteiger partial charge in [0, 0.05) is 45.0 Å². The van der Waals surface area contributed by atoms with Crippen LogP contribution in [0.3, 0.4) is 0 Å². The molecule has 2 atom stereocenters. The average Bonchev–Trinajstić information content (AvgIpc) is 3.17. The lowest BCUT2D eigenvalue weighted by molar-refractivity contribution is 1.14. The molecule has 3 rings (SSSR count). The van der Waals surface area contributed by atoms with Crippen molar-refractivity contribution in [2.75, 3.05) is 23.0 Å². The fraction of sp³-hybridized carbons (Fsp3) is 0.571. The van der Waals surface area contributed by atoms with Crippen LogP contribution in [-0.2, 0) is 11.5 Å². The Labute approximate surface area is 136 Å². The van der Waals surface area contributed by atoms with E-state index in [1.807, 2.05) is 10.8 Å². The minimum Gasteiger partial charge on any atom is -0.156 e. The number of hydrogen-bond acceptors (Lipinski definition) is 5. The van der Waals surface area contributed by atoms with Crippen molar-refractivity contribution in [3.63, 3.8) is 0 Å². The van der Waals surface area contributed by atoms with Crippen molar-refractivity contribution in [3.05, 3.63) is 35.4 Å². The minimum atomic E-state index is 0.907. The van der Waals surface area contributed by atoms with E-state index < -0.39 is 0 Å². The van der Waals surface area contributed by atoms with Gasteiger partial charge in [-0.25, -0.2) is 0 Å². The molecule has 0 bridgehead atoms. The Hall–Kier alpha value is 0.970. The van der Waals surface area contributed by atoms with E-state index in [-0.39, 0.29) is 0 Å². The highest BCUT2D eigenvalue weighted by Gasteiger charge is 2.21. The van der Waals surface area contributed by atoms with Crippen LogP contribution in [0.4, 0.5) is 0 Å². The summed E-state index contributed by atoms with van der Waals surface area (Å²) in [6.07, 6.45) is 0. The quantitative estimate of drug-likeness (QED) is 0.477. The van der Waals surface area contributed by atoms with Crippen molar-refractivity contribution in [2.24, 2.45) is 0 Å². The second-order valence-electron chi connectivity index (χ2n) is 4.81. The van der Waals surface area contributed by atoms with Gasteiger partial charge < -0.3 is 0 Å². The van der Waals surface area contributed by atoms with E-state index in [1.54, 1.807) is 0 Å². The molecular formula is C14H18S5. The normalized spacial score (nSPS) is 25.1. The van der Waals surface area contributed by atoms with E-state index in [0.717, 1.165) is 10.5 Å². The molecule has 1 aromatic rings. The average molecular weight is 347 g/mol. The van der Waals surface area contributed by atoms with Crippen LogP contribution in [0, 0.1) is 0 Å². The Kier molecular flexibility index (Phi) is 6.14. The van der Waals surface area contributed by atoms with Gasteiger partial charge in [0.25, 0.3) is 0 Å². The van der Waals surface area contributed by atoms with E-state index >= 15 is 0 Å². The minimum absolute atomic E-state index is 0.907. The van der Waals surface area contributed by atoms with Crippen LogP contribution < -0.4 is 0 Å². The summed E-state index contributed by atoms with van der Waals surface area (Å²) in [7, 11) is 4.06. The van der Waals surface area contributed by atoms with Gasteiger partial charge in [0.1, 0.15) is 0 Å². The number of rotatable bonds is 8. The molecule has 19 heavy (non-hydrogen) atoms. The summed E-state index contributed by atoms with van der Waals surface area (Å²) in [5, 5.41) is 1.87. The third-order valence-electron chi connectivity index (χ3n) is 3.00. The molecule has 1 aromatic carbocycles. The molecule has 0 aromatic heterocycles. The van der Waals surface area contributed by atoms with Crippen LogP contribution in [0.5, 0.6) is 0 Å². The Morgan fingerprint density at radius 2 is 1.63 bits per heavy atom. The summed E-state index contributed by atoms with van der Waals surface area (Å²) in [5.41, 5.74) is 3.00. The highest BCUT2D eigenvalue weighted by molar-refractivity contribution is 8.79. The third kappa shape index (κ3) is 5.34. The highest BCUT2D eigenvalue weighted by Crippen LogP contribution is 2.42. The fourth-order valence-electron chi connectivity index (χ4n) is 1.83. The number of hydrogen-bond donors (Lipinski definition) is 0. The fourth-order valence-corrected chi connectivity index (χ4v) is 7.33. The van der Waals surface area contributed by atoms with E-state index in [1.165, 1.54) is 45.6 Å². The predicted octanol–water partition coefficient (Wildman–Crippen LogP) is 5.03. The zero-order valence-electron chi connectivity index (χ0n) is 10.7. The molecule has 0 saturated carbocycles. The van der Waals surface area contributed by atoms with Gasteiger partial charge in [-0.05, 0) is 11.1 Å².